The molecule has 0 amide bonds. The maximum absolute atomic E-state index is 13.5. The normalized spacial score (nSPS) is 13.5. The molecule has 2 aliphatic heterocycles. The molecule has 7 rings (SSSR count). The highest BCUT2D eigenvalue weighted by atomic mass is 19.1. The molecule has 39 heavy (non-hydrogen) atoms. The summed E-state index contributed by atoms with van der Waals surface area (Å²) in [5, 5.41) is 3.10. The summed E-state index contributed by atoms with van der Waals surface area (Å²) in [7, 11) is 1.69. The molecule has 6 nitrogen and oxygen atoms in total. The fraction of sp³-hybridized carbons (Fsp3) is 0.281. The molecule has 0 unspecified atom stereocenters. The molecule has 0 radical (unpaired) electrons. The number of nitrogens with zero attached hydrogens (tertiary/aromatic N) is 2. The van der Waals surface area contributed by atoms with Crippen LogP contribution in [0.5, 0.6) is 23.0 Å². The number of aromatic nitrogens is 2. The zero-order chi connectivity index (χ0) is 26.3. The molecule has 0 N–H and O–H groups in total. The van der Waals surface area contributed by atoms with E-state index in [9.17, 15) is 4.39 Å². The number of fused-ring (bicyclic) bond motifs is 6. The molecule has 0 spiro atoms. The van der Waals surface area contributed by atoms with Gasteiger partial charge in [-0.3, -0.25) is 0 Å². The van der Waals surface area contributed by atoms with E-state index in [4.69, 9.17) is 18.9 Å². The van der Waals surface area contributed by atoms with Crippen LogP contribution in [0.4, 0.5) is 4.39 Å². The van der Waals surface area contributed by atoms with Gasteiger partial charge in [0.2, 0.25) is 12.5 Å². The van der Waals surface area contributed by atoms with E-state index in [2.05, 4.69) is 39.6 Å². The van der Waals surface area contributed by atoms with Crippen LogP contribution in [0.2, 0.25) is 0 Å². The number of hydrogen-bond acceptors (Lipinski definition) is 4. The van der Waals surface area contributed by atoms with Gasteiger partial charge >= 0.3 is 0 Å². The molecule has 3 aromatic carbocycles. The van der Waals surface area contributed by atoms with Gasteiger partial charge in [0.25, 0.3) is 0 Å². The van der Waals surface area contributed by atoms with Gasteiger partial charge in [0.15, 0.2) is 35.7 Å². The van der Waals surface area contributed by atoms with Crippen LogP contribution in [0, 0.1) is 5.82 Å². The van der Waals surface area contributed by atoms with Gasteiger partial charge in [-0.25, -0.2) is 4.39 Å². The van der Waals surface area contributed by atoms with Gasteiger partial charge in [-0.2, -0.15) is 4.57 Å². The molecule has 198 valence electrons. The SMILES string of the molecule is COc1ccc2cc3[n+](cc2c1OCCCCCn1ccc2cc(F)ccc21)CCc1cc2c(cc1-3)OCO2. The van der Waals surface area contributed by atoms with E-state index in [0.717, 1.165) is 83.4 Å². The predicted octanol–water partition coefficient (Wildman–Crippen LogP) is 6.43. The first-order chi connectivity index (χ1) is 19.2. The van der Waals surface area contributed by atoms with E-state index >= 15 is 0 Å². The van der Waals surface area contributed by atoms with Crippen LogP contribution in [-0.4, -0.2) is 25.1 Å². The van der Waals surface area contributed by atoms with E-state index in [-0.39, 0.29) is 12.6 Å². The van der Waals surface area contributed by atoms with E-state index in [0.29, 0.717) is 6.61 Å². The summed E-state index contributed by atoms with van der Waals surface area (Å²) in [4.78, 5) is 0. The van der Waals surface area contributed by atoms with Gasteiger partial charge in [-0.1, -0.05) is 0 Å². The number of benzene rings is 3. The smallest absolute Gasteiger partial charge is 0.231 e. The Balaban J connectivity index is 1.06. The summed E-state index contributed by atoms with van der Waals surface area (Å²) in [5.74, 6) is 2.98. The van der Waals surface area contributed by atoms with Crippen LogP contribution in [0.3, 0.4) is 0 Å². The third kappa shape index (κ3) is 4.32. The number of methoxy groups -OCH3 is 1. The van der Waals surface area contributed by atoms with E-state index in [1.165, 1.54) is 22.9 Å². The fourth-order valence-electron chi connectivity index (χ4n) is 5.81. The quantitative estimate of drug-likeness (QED) is 0.173. The predicted molar refractivity (Wildman–Crippen MR) is 147 cm³/mol. The van der Waals surface area contributed by atoms with E-state index < -0.39 is 0 Å². The molecular formula is C32H30FN2O4+. The number of aryl methyl sites for hydroxylation is 3. The molecule has 0 bridgehead atoms. The lowest BCUT2D eigenvalue weighted by Gasteiger charge is -2.18. The van der Waals surface area contributed by atoms with Crippen molar-refractivity contribution in [2.45, 2.75) is 38.8 Å². The molecule has 0 atom stereocenters. The minimum Gasteiger partial charge on any atom is -0.493 e. The maximum atomic E-state index is 13.5. The zero-order valence-corrected chi connectivity index (χ0v) is 21.9. The Kier molecular flexibility index (Phi) is 5.99. The Morgan fingerprint density at radius 2 is 1.85 bits per heavy atom. The summed E-state index contributed by atoms with van der Waals surface area (Å²) in [6.45, 7) is 2.68. The van der Waals surface area contributed by atoms with Gasteiger partial charge in [0, 0.05) is 36.1 Å². The monoisotopic (exact) mass is 525 g/mol. The minimum absolute atomic E-state index is 0.196. The van der Waals surface area contributed by atoms with Crippen molar-refractivity contribution >= 4 is 21.7 Å². The van der Waals surface area contributed by atoms with Gasteiger partial charge in [-0.05, 0) is 78.7 Å². The Morgan fingerprint density at radius 1 is 0.949 bits per heavy atom. The van der Waals surface area contributed by atoms with Crippen molar-refractivity contribution in [3.63, 3.8) is 0 Å². The van der Waals surface area contributed by atoms with Crippen LogP contribution in [-0.2, 0) is 19.5 Å². The van der Waals surface area contributed by atoms with Crippen molar-refractivity contribution in [1.82, 2.24) is 4.57 Å². The average Bonchev–Trinajstić information content (AvgIpc) is 3.58. The molecule has 4 heterocycles. The second-order valence-electron chi connectivity index (χ2n) is 10.2. The average molecular weight is 526 g/mol. The molecule has 5 aromatic rings. The van der Waals surface area contributed by atoms with Crippen molar-refractivity contribution in [2.24, 2.45) is 0 Å². The van der Waals surface area contributed by atoms with Crippen molar-refractivity contribution in [2.75, 3.05) is 20.5 Å². The first kappa shape index (κ1) is 23.8. The second-order valence-corrected chi connectivity index (χ2v) is 10.2. The third-order valence-electron chi connectivity index (χ3n) is 7.82. The lowest BCUT2D eigenvalue weighted by molar-refractivity contribution is -0.686. The van der Waals surface area contributed by atoms with Crippen molar-refractivity contribution in [1.29, 1.82) is 0 Å². The third-order valence-corrected chi connectivity index (χ3v) is 7.82. The van der Waals surface area contributed by atoms with Gasteiger partial charge in [0.1, 0.15) is 5.82 Å². The van der Waals surface area contributed by atoms with Crippen LogP contribution in [0.1, 0.15) is 24.8 Å². The Hall–Kier alpha value is -4.26. The molecule has 0 aliphatic carbocycles. The highest BCUT2D eigenvalue weighted by molar-refractivity contribution is 5.91. The van der Waals surface area contributed by atoms with Crippen LogP contribution in [0.15, 0.2) is 67.0 Å². The standard InChI is InChI=1S/C32H30FN2O4/c1-36-29-8-5-21-16-28-25-18-31-30(38-20-39-31)17-22(25)9-13-35(28)19-26(21)32(29)37-14-4-2-3-11-34-12-10-23-15-24(33)6-7-27(23)34/h5-8,10,12,15-19H,2-4,9,11,13-14,20H2,1H3/q+1. The lowest BCUT2D eigenvalue weighted by Crippen LogP contribution is -2.40. The number of halogens is 1. The molecule has 0 fully saturated rings. The number of unbranched alkanes of at least 4 members (excludes halogenated alkanes) is 2. The van der Waals surface area contributed by atoms with Gasteiger partial charge in [-0.15, -0.1) is 0 Å². The molecule has 7 heteroatoms. The first-order valence-corrected chi connectivity index (χ1v) is 13.5. The largest absolute Gasteiger partial charge is 0.493 e. The molecular weight excluding hydrogens is 495 g/mol. The highest BCUT2D eigenvalue weighted by Crippen LogP contribution is 2.41. The Morgan fingerprint density at radius 3 is 2.74 bits per heavy atom. The second kappa shape index (κ2) is 9.80. The van der Waals surface area contributed by atoms with Crippen LogP contribution in [0.25, 0.3) is 32.9 Å². The molecule has 2 aromatic heterocycles. The lowest BCUT2D eigenvalue weighted by atomic mass is 9.95. The molecule has 0 saturated heterocycles. The van der Waals surface area contributed by atoms with Gasteiger partial charge < -0.3 is 23.5 Å². The molecule has 2 aliphatic rings. The number of ether oxygens (including phenoxy) is 4. The van der Waals surface area contributed by atoms with Crippen molar-refractivity contribution in [3.05, 3.63) is 78.4 Å². The fourth-order valence-corrected chi connectivity index (χ4v) is 5.81. The maximum Gasteiger partial charge on any atom is 0.231 e. The van der Waals surface area contributed by atoms with Crippen LogP contribution < -0.4 is 23.5 Å². The van der Waals surface area contributed by atoms with Crippen LogP contribution >= 0.6 is 0 Å². The Bertz CT molecular complexity index is 1710. The van der Waals surface area contributed by atoms with Crippen molar-refractivity contribution in [3.8, 4) is 34.3 Å². The van der Waals surface area contributed by atoms with E-state index in [1.807, 2.05) is 24.4 Å². The number of rotatable bonds is 8. The highest BCUT2D eigenvalue weighted by Gasteiger charge is 2.28. The summed E-state index contributed by atoms with van der Waals surface area (Å²) >= 11 is 0. The van der Waals surface area contributed by atoms with Gasteiger partial charge in [0.05, 0.1) is 24.7 Å². The minimum atomic E-state index is -0.196. The molecule has 0 saturated carbocycles. The topological polar surface area (TPSA) is 45.7 Å². The summed E-state index contributed by atoms with van der Waals surface area (Å²) in [6, 6.07) is 17.5. The summed E-state index contributed by atoms with van der Waals surface area (Å²) < 4.78 is 41.2. The Labute approximate surface area is 226 Å². The van der Waals surface area contributed by atoms with E-state index in [1.54, 1.807) is 13.2 Å². The first-order valence-electron chi connectivity index (χ1n) is 13.5. The number of pyridine rings is 1. The summed E-state index contributed by atoms with van der Waals surface area (Å²) in [5.41, 5.74) is 4.70. The van der Waals surface area contributed by atoms with Crippen molar-refractivity contribution < 1.29 is 27.9 Å². The zero-order valence-electron chi connectivity index (χ0n) is 21.9. The number of hydrogen-bond donors (Lipinski definition) is 0. The summed E-state index contributed by atoms with van der Waals surface area (Å²) in [6.07, 6.45) is 8.15.